The quantitative estimate of drug-likeness (QED) is 0.797. The Hall–Kier alpha value is -1.89. The van der Waals surface area contributed by atoms with Gasteiger partial charge in [-0.2, -0.15) is 4.68 Å². The van der Waals surface area contributed by atoms with Crippen molar-refractivity contribution in [3.8, 4) is 5.69 Å². The van der Waals surface area contributed by atoms with Crippen molar-refractivity contribution < 1.29 is 4.79 Å². The van der Waals surface area contributed by atoms with Crippen LogP contribution in [-0.2, 0) is 4.79 Å². The second kappa shape index (κ2) is 7.34. The van der Waals surface area contributed by atoms with E-state index in [1.165, 1.54) is 23.7 Å². The lowest BCUT2D eigenvalue weighted by molar-refractivity contribution is -0.134. The van der Waals surface area contributed by atoms with E-state index in [9.17, 15) is 4.79 Å². The summed E-state index contributed by atoms with van der Waals surface area (Å²) in [5, 5.41) is 12.5. The van der Waals surface area contributed by atoms with Gasteiger partial charge >= 0.3 is 0 Å². The van der Waals surface area contributed by atoms with Crippen LogP contribution in [0.15, 0.2) is 29.4 Å². The molecule has 1 aliphatic heterocycles. The summed E-state index contributed by atoms with van der Waals surface area (Å²) in [6.07, 6.45) is 3.37. The summed E-state index contributed by atoms with van der Waals surface area (Å²) in [5.74, 6) is 0.527. The van der Waals surface area contributed by atoms with Gasteiger partial charge in [-0.1, -0.05) is 29.5 Å². The van der Waals surface area contributed by atoms with Crippen LogP contribution < -0.4 is 0 Å². The third-order valence-electron chi connectivity index (χ3n) is 4.53. The smallest absolute Gasteiger partial charge is 0.233 e. The van der Waals surface area contributed by atoms with E-state index < -0.39 is 0 Å². The standard InChI is InChI=1S/C17H23N5OS/c1-12-7-9-15(10-8-12)22-17(18-19-20-22)24-11-16(23)21-13(2)5-4-6-14(21)3/h7-10,13-14H,4-6,11H2,1-3H3/t13-,14-/m0/s1. The Morgan fingerprint density at radius 3 is 2.54 bits per heavy atom. The minimum atomic E-state index is 0.165. The highest BCUT2D eigenvalue weighted by molar-refractivity contribution is 7.99. The van der Waals surface area contributed by atoms with E-state index in [1.54, 1.807) is 4.68 Å². The fourth-order valence-electron chi connectivity index (χ4n) is 3.23. The molecular weight excluding hydrogens is 322 g/mol. The molecule has 0 saturated carbocycles. The zero-order chi connectivity index (χ0) is 17.1. The number of thioether (sulfide) groups is 1. The Bertz CT molecular complexity index is 689. The number of tetrazole rings is 1. The number of carbonyl (C=O) groups excluding carboxylic acids is 1. The lowest BCUT2D eigenvalue weighted by atomic mass is 9.98. The van der Waals surface area contributed by atoms with Gasteiger partial charge in [0.1, 0.15) is 0 Å². The molecule has 1 aromatic heterocycles. The maximum absolute atomic E-state index is 12.6. The van der Waals surface area contributed by atoms with Gasteiger partial charge in [0.15, 0.2) is 0 Å². The molecule has 0 unspecified atom stereocenters. The number of carbonyl (C=O) groups is 1. The number of piperidine rings is 1. The summed E-state index contributed by atoms with van der Waals surface area (Å²) in [7, 11) is 0. The van der Waals surface area contributed by atoms with Crippen LogP contribution in [0, 0.1) is 6.92 Å². The first kappa shape index (κ1) is 17.0. The Labute approximate surface area is 146 Å². The fourth-order valence-corrected chi connectivity index (χ4v) is 3.99. The fraction of sp³-hybridized carbons (Fsp3) is 0.529. The van der Waals surface area contributed by atoms with Gasteiger partial charge in [-0.3, -0.25) is 4.79 Å². The van der Waals surface area contributed by atoms with E-state index in [4.69, 9.17) is 0 Å². The number of amides is 1. The molecule has 1 saturated heterocycles. The minimum Gasteiger partial charge on any atom is -0.337 e. The Balaban J connectivity index is 1.68. The van der Waals surface area contributed by atoms with Crippen molar-refractivity contribution in [1.82, 2.24) is 25.1 Å². The Morgan fingerprint density at radius 1 is 1.21 bits per heavy atom. The van der Waals surface area contributed by atoms with E-state index in [1.807, 2.05) is 36.1 Å². The number of likely N-dealkylation sites (tertiary alicyclic amines) is 1. The van der Waals surface area contributed by atoms with Crippen molar-refractivity contribution in [2.75, 3.05) is 5.75 Å². The van der Waals surface area contributed by atoms with Crippen LogP contribution in [0.5, 0.6) is 0 Å². The molecule has 1 aliphatic rings. The lowest BCUT2D eigenvalue weighted by Crippen LogP contribution is -2.48. The topological polar surface area (TPSA) is 63.9 Å². The molecule has 0 spiro atoms. The highest BCUT2D eigenvalue weighted by Crippen LogP contribution is 2.25. The van der Waals surface area contributed by atoms with Crippen LogP contribution in [-0.4, -0.2) is 48.9 Å². The molecule has 2 atom stereocenters. The third-order valence-corrected chi connectivity index (χ3v) is 5.43. The van der Waals surface area contributed by atoms with E-state index in [-0.39, 0.29) is 5.91 Å². The molecule has 3 rings (SSSR count). The first-order valence-corrected chi connectivity index (χ1v) is 9.34. The first-order chi connectivity index (χ1) is 11.6. The second-order valence-corrected chi connectivity index (χ2v) is 7.37. The van der Waals surface area contributed by atoms with Crippen molar-refractivity contribution in [3.63, 3.8) is 0 Å². The predicted octanol–water partition coefficient (Wildman–Crippen LogP) is 2.85. The van der Waals surface area contributed by atoms with Gasteiger partial charge < -0.3 is 4.90 Å². The maximum Gasteiger partial charge on any atom is 0.233 e. The number of hydrogen-bond donors (Lipinski definition) is 0. The zero-order valence-corrected chi connectivity index (χ0v) is 15.2. The van der Waals surface area contributed by atoms with E-state index in [2.05, 4.69) is 29.4 Å². The summed E-state index contributed by atoms with van der Waals surface area (Å²) in [6, 6.07) is 8.63. The van der Waals surface area contributed by atoms with Gasteiger partial charge in [-0.15, -0.1) is 5.10 Å². The molecule has 6 nitrogen and oxygen atoms in total. The summed E-state index contributed by atoms with van der Waals surface area (Å²) in [5.41, 5.74) is 2.09. The number of aryl methyl sites for hydroxylation is 1. The molecule has 1 fully saturated rings. The van der Waals surface area contributed by atoms with E-state index >= 15 is 0 Å². The largest absolute Gasteiger partial charge is 0.337 e. The average molecular weight is 345 g/mol. The highest BCUT2D eigenvalue weighted by Gasteiger charge is 2.29. The van der Waals surface area contributed by atoms with Crippen molar-refractivity contribution in [2.45, 2.75) is 57.3 Å². The normalized spacial score (nSPS) is 21.0. The Kier molecular flexibility index (Phi) is 5.18. The van der Waals surface area contributed by atoms with Crippen LogP contribution in [0.2, 0.25) is 0 Å². The van der Waals surface area contributed by atoms with Crippen molar-refractivity contribution >= 4 is 17.7 Å². The third kappa shape index (κ3) is 3.61. The monoisotopic (exact) mass is 345 g/mol. The average Bonchev–Trinajstić information content (AvgIpc) is 3.02. The van der Waals surface area contributed by atoms with E-state index in [0.29, 0.717) is 23.0 Å². The molecule has 0 aliphatic carbocycles. The molecule has 0 N–H and O–H groups in total. The lowest BCUT2D eigenvalue weighted by Gasteiger charge is -2.39. The molecule has 2 aromatic rings. The van der Waals surface area contributed by atoms with Crippen LogP contribution in [0.4, 0.5) is 0 Å². The number of nitrogens with zero attached hydrogens (tertiary/aromatic N) is 5. The molecule has 0 bridgehead atoms. The molecule has 2 heterocycles. The number of benzene rings is 1. The van der Waals surface area contributed by atoms with Gasteiger partial charge in [-0.05, 0) is 62.6 Å². The van der Waals surface area contributed by atoms with Gasteiger partial charge in [0.05, 0.1) is 11.4 Å². The molecule has 1 aromatic carbocycles. The highest BCUT2D eigenvalue weighted by atomic mass is 32.2. The second-order valence-electron chi connectivity index (χ2n) is 6.43. The molecule has 24 heavy (non-hydrogen) atoms. The zero-order valence-electron chi connectivity index (χ0n) is 14.3. The summed E-state index contributed by atoms with van der Waals surface area (Å²) >= 11 is 1.39. The van der Waals surface area contributed by atoms with Crippen LogP contribution in [0.1, 0.15) is 38.7 Å². The van der Waals surface area contributed by atoms with Crippen LogP contribution in [0.3, 0.4) is 0 Å². The van der Waals surface area contributed by atoms with Crippen LogP contribution >= 0.6 is 11.8 Å². The predicted molar refractivity (Wildman–Crippen MR) is 94.2 cm³/mol. The first-order valence-electron chi connectivity index (χ1n) is 8.35. The Morgan fingerprint density at radius 2 is 1.88 bits per heavy atom. The van der Waals surface area contributed by atoms with Crippen LogP contribution in [0.25, 0.3) is 5.69 Å². The van der Waals surface area contributed by atoms with Crippen molar-refractivity contribution in [1.29, 1.82) is 0 Å². The van der Waals surface area contributed by atoms with Gasteiger partial charge in [0.25, 0.3) is 0 Å². The number of aromatic nitrogens is 4. The van der Waals surface area contributed by atoms with E-state index in [0.717, 1.165) is 18.5 Å². The van der Waals surface area contributed by atoms with Gasteiger partial charge in [0, 0.05) is 12.1 Å². The minimum absolute atomic E-state index is 0.165. The summed E-state index contributed by atoms with van der Waals surface area (Å²) < 4.78 is 1.68. The molecule has 1 amide bonds. The molecular formula is C17H23N5OS. The van der Waals surface area contributed by atoms with Gasteiger partial charge in [-0.25, -0.2) is 0 Å². The number of rotatable bonds is 4. The summed E-state index contributed by atoms with van der Waals surface area (Å²) in [6.45, 7) is 6.31. The van der Waals surface area contributed by atoms with Crippen molar-refractivity contribution in [3.05, 3.63) is 29.8 Å². The maximum atomic E-state index is 12.6. The SMILES string of the molecule is Cc1ccc(-n2nnnc2SCC(=O)N2[C@@H](C)CCC[C@@H]2C)cc1. The van der Waals surface area contributed by atoms with Crippen molar-refractivity contribution in [2.24, 2.45) is 0 Å². The molecule has 7 heteroatoms. The number of hydrogen-bond acceptors (Lipinski definition) is 5. The summed E-state index contributed by atoms with van der Waals surface area (Å²) in [4.78, 5) is 14.7. The molecule has 128 valence electrons. The van der Waals surface area contributed by atoms with Gasteiger partial charge in [0.2, 0.25) is 11.1 Å². The molecule has 0 radical (unpaired) electrons.